The second kappa shape index (κ2) is 18.2. The highest BCUT2D eigenvalue weighted by Crippen LogP contribution is 2.56. The summed E-state index contributed by atoms with van der Waals surface area (Å²) < 4.78 is 42.8. The Labute approximate surface area is 311 Å². The molecule has 13 heteroatoms. The van der Waals surface area contributed by atoms with Gasteiger partial charge in [0.2, 0.25) is 5.91 Å². The third-order valence-electron chi connectivity index (χ3n) is 9.15. The summed E-state index contributed by atoms with van der Waals surface area (Å²) in [6, 6.07) is 18.4. The van der Waals surface area contributed by atoms with Crippen LogP contribution in [0.15, 0.2) is 60.7 Å². The Kier molecular flexibility index (Phi) is 13.7. The highest BCUT2D eigenvalue weighted by atomic mass is 32.1. The zero-order chi connectivity index (χ0) is 37.1. The highest BCUT2D eigenvalue weighted by molar-refractivity contribution is 7.80. The van der Waals surface area contributed by atoms with E-state index < -0.39 is 19.2 Å². The number of hydrogen-bond donors (Lipinski definition) is 4. The van der Waals surface area contributed by atoms with E-state index in [9.17, 15) is 18.4 Å². The van der Waals surface area contributed by atoms with Crippen molar-refractivity contribution in [3.8, 4) is 11.5 Å². The number of carbonyl (C=O) groups excluding carboxylic acids is 2. The molecule has 0 radical (unpaired) electrons. The number of ether oxygens (including phenoxy) is 2. The first-order chi connectivity index (χ1) is 25.0. The lowest BCUT2D eigenvalue weighted by Gasteiger charge is -2.36. The van der Waals surface area contributed by atoms with E-state index in [1.165, 1.54) is 0 Å². The SMILES string of the molecule is CC(C)OP(=O)(F)CCCCCCCCCC(=O)NCCCCCNC(=S)Nc1ccc2c(c1)Oc1cc(N)ccc1C21OC(=O)c2ccccc21. The molecule has 5 rings (SSSR count). The quantitative estimate of drug-likeness (QED) is 0.0308. The first-order valence-corrected chi connectivity index (χ1v) is 20.4. The van der Waals surface area contributed by atoms with Gasteiger partial charge in [-0.05, 0) is 88.5 Å². The Morgan fingerprint density at radius 1 is 0.865 bits per heavy atom. The van der Waals surface area contributed by atoms with Gasteiger partial charge in [-0.2, -0.15) is 4.20 Å². The van der Waals surface area contributed by atoms with Crippen LogP contribution in [0.2, 0.25) is 0 Å². The van der Waals surface area contributed by atoms with Gasteiger partial charge in [0.15, 0.2) is 10.7 Å². The largest absolute Gasteiger partial charge is 0.456 e. The molecule has 3 aromatic carbocycles. The Bertz CT molecular complexity index is 1790. The Balaban J connectivity index is 0.963. The van der Waals surface area contributed by atoms with Crippen LogP contribution < -0.4 is 26.4 Å². The number of benzene rings is 3. The van der Waals surface area contributed by atoms with Crippen molar-refractivity contribution >= 4 is 48.3 Å². The number of hydrogen-bond acceptors (Lipinski definition) is 8. The third-order valence-corrected chi connectivity index (χ3v) is 11.0. The maximum Gasteiger partial charge on any atom is 0.367 e. The average molecular weight is 753 g/mol. The maximum atomic E-state index is 13.8. The lowest BCUT2D eigenvalue weighted by Crippen LogP contribution is -2.33. The van der Waals surface area contributed by atoms with Crippen LogP contribution in [-0.2, 0) is 24.2 Å². The summed E-state index contributed by atoms with van der Waals surface area (Å²) >= 11 is 5.55. The molecule has 0 bridgehead atoms. The molecule has 5 N–H and O–H groups in total. The van der Waals surface area contributed by atoms with E-state index in [2.05, 4.69) is 16.0 Å². The maximum absolute atomic E-state index is 13.8. The fraction of sp³-hybridized carbons (Fsp3) is 0.462. The van der Waals surface area contributed by atoms with Gasteiger partial charge in [-0.3, -0.25) is 9.36 Å². The summed E-state index contributed by atoms with van der Waals surface area (Å²) in [7, 11) is -3.95. The molecule has 280 valence electrons. The van der Waals surface area contributed by atoms with Gasteiger partial charge in [0.05, 0.1) is 17.8 Å². The Morgan fingerprint density at radius 2 is 1.50 bits per heavy atom. The minimum atomic E-state index is -3.95. The van der Waals surface area contributed by atoms with Crippen LogP contribution in [0.4, 0.5) is 15.6 Å². The molecule has 2 atom stereocenters. The molecule has 3 aromatic rings. The van der Waals surface area contributed by atoms with E-state index >= 15 is 0 Å². The van der Waals surface area contributed by atoms with Crippen LogP contribution in [-0.4, -0.2) is 42.3 Å². The Morgan fingerprint density at radius 3 is 2.25 bits per heavy atom. The van der Waals surface area contributed by atoms with Gasteiger partial charge in [0.25, 0.3) is 0 Å². The van der Waals surface area contributed by atoms with Crippen molar-refractivity contribution in [2.24, 2.45) is 0 Å². The highest BCUT2D eigenvalue weighted by Gasteiger charge is 2.53. The standard InChI is InChI=1S/C39H50FN4O6PS/c1-27(2)50-51(40,47)24-14-7-5-3-4-6-9-17-36(45)42-22-12-8-13-23-43-38(52)44-29-19-21-33-35(26-29)48-34-25-28(41)18-20-32(34)39(33)31-16-11-10-15-30(31)37(46)49-39/h10-11,15-16,18-21,25-27H,3-9,12-14,17,22-24,41H2,1-2H3,(H,42,45)(H2,43,44,52). The number of nitrogens with two attached hydrogens (primary N) is 1. The summed E-state index contributed by atoms with van der Waals surface area (Å²) in [6.45, 7) is 4.69. The van der Waals surface area contributed by atoms with Crippen molar-refractivity contribution in [1.29, 1.82) is 0 Å². The van der Waals surface area contributed by atoms with E-state index in [0.29, 0.717) is 64.9 Å². The minimum Gasteiger partial charge on any atom is -0.456 e. The lowest BCUT2D eigenvalue weighted by atomic mass is 9.77. The molecule has 0 aromatic heterocycles. The van der Waals surface area contributed by atoms with E-state index in [1.807, 2.05) is 42.5 Å². The number of nitrogens with one attached hydrogen (secondary N) is 3. The summed E-state index contributed by atoms with van der Waals surface area (Å²) in [6.07, 6.45) is 9.12. The normalized spacial score (nSPS) is 16.7. The first kappa shape index (κ1) is 39.2. The van der Waals surface area contributed by atoms with Crippen molar-refractivity contribution in [3.05, 3.63) is 82.9 Å². The van der Waals surface area contributed by atoms with Crippen LogP contribution in [0.3, 0.4) is 0 Å². The smallest absolute Gasteiger partial charge is 0.367 e. The van der Waals surface area contributed by atoms with Gasteiger partial charge in [0.1, 0.15) is 11.5 Å². The molecule has 2 heterocycles. The molecular weight excluding hydrogens is 702 g/mol. The van der Waals surface area contributed by atoms with Crippen LogP contribution in [0, 0.1) is 0 Å². The molecule has 0 aliphatic carbocycles. The second-order valence-electron chi connectivity index (χ2n) is 13.7. The molecule has 1 spiro atoms. The zero-order valence-corrected chi connectivity index (χ0v) is 31.7. The van der Waals surface area contributed by atoms with Gasteiger partial charge >= 0.3 is 13.6 Å². The van der Waals surface area contributed by atoms with Gasteiger partial charge < -0.3 is 35.7 Å². The fourth-order valence-electron chi connectivity index (χ4n) is 6.73. The molecule has 2 aliphatic rings. The van der Waals surface area contributed by atoms with E-state index in [-0.39, 0.29) is 18.2 Å². The number of halogens is 1. The number of nitrogen functional groups attached to an aromatic ring is 1. The first-order valence-electron chi connectivity index (χ1n) is 18.3. The number of esters is 1. The van der Waals surface area contributed by atoms with Crippen LogP contribution in [0.1, 0.15) is 112 Å². The number of amides is 1. The van der Waals surface area contributed by atoms with Crippen molar-refractivity contribution in [2.45, 2.75) is 96.2 Å². The number of carbonyl (C=O) groups is 2. The van der Waals surface area contributed by atoms with E-state index in [0.717, 1.165) is 69.0 Å². The predicted molar refractivity (Wildman–Crippen MR) is 207 cm³/mol. The average Bonchev–Trinajstić information content (AvgIpc) is 3.38. The monoisotopic (exact) mass is 752 g/mol. The molecule has 10 nitrogen and oxygen atoms in total. The van der Waals surface area contributed by atoms with Gasteiger partial charge in [0, 0.05) is 59.7 Å². The minimum absolute atomic E-state index is 0.00809. The topological polar surface area (TPSA) is 141 Å². The number of fused-ring (bicyclic) bond motifs is 6. The molecule has 0 fully saturated rings. The number of unbranched alkanes of at least 4 members (excludes halogenated alkanes) is 8. The van der Waals surface area contributed by atoms with E-state index in [1.54, 1.807) is 32.0 Å². The number of anilines is 2. The van der Waals surface area contributed by atoms with Crippen molar-refractivity contribution in [2.75, 3.05) is 30.3 Å². The van der Waals surface area contributed by atoms with Gasteiger partial charge in [-0.1, -0.05) is 50.3 Å². The predicted octanol–water partition coefficient (Wildman–Crippen LogP) is 9.12. The summed E-state index contributed by atoms with van der Waals surface area (Å²) in [5.74, 6) is 0.744. The molecule has 0 saturated heterocycles. The molecule has 52 heavy (non-hydrogen) atoms. The van der Waals surface area contributed by atoms with Crippen LogP contribution >= 0.6 is 19.9 Å². The van der Waals surface area contributed by atoms with Crippen molar-refractivity contribution in [1.82, 2.24) is 10.6 Å². The summed E-state index contributed by atoms with van der Waals surface area (Å²) in [5.41, 5.74) is 8.91. The Hall–Kier alpha value is -3.99. The molecule has 2 unspecified atom stereocenters. The lowest BCUT2D eigenvalue weighted by molar-refractivity contribution is -0.121. The number of rotatable bonds is 19. The van der Waals surface area contributed by atoms with Crippen molar-refractivity contribution < 1.29 is 32.3 Å². The molecule has 0 saturated carbocycles. The second-order valence-corrected chi connectivity index (χ2v) is 15.9. The van der Waals surface area contributed by atoms with Gasteiger partial charge in [-0.25, -0.2) is 4.79 Å². The molecule has 2 aliphatic heterocycles. The molecule has 1 amide bonds. The fourth-order valence-corrected chi connectivity index (χ4v) is 8.28. The summed E-state index contributed by atoms with van der Waals surface area (Å²) in [4.78, 5) is 25.2. The summed E-state index contributed by atoms with van der Waals surface area (Å²) in [5, 5.41) is 9.95. The zero-order valence-electron chi connectivity index (χ0n) is 30.0. The van der Waals surface area contributed by atoms with Gasteiger partial charge in [-0.15, -0.1) is 0 Å². The van der Waals surface area contributed by atoms with Crippen LogP contribution in [0.5, 0.6) is 11.5 Å². The van der Waals surface area contributed by atoms with Crippen LogP contribution in [0.25, 0.3) is 0 Å². The number of thiocarbonyl (C=S) groups is 1. The molecular formula is C39H50FN4O6PS. The van der Waals surface area contributed by atoms with E-state index in [4.69, 9.17) is 31.9 Å². The van der Waals surface area contributed by atoms with Crippen molar-refractivity contribution in [3.63, 3.8) is 0 Å². The third kappa shape index (κ3) is 10.1.